The zero-order valence-electron chi connectivity index (χ0n) is 10.4. The van der Waals surface area contributed by atoms with Crippen LogP contribution in [0.4, 0.5) is 4.39 Å². The summed E-state index contributed by atoms with van der Waals surface area (Å²) in [5, 5.41) is 0. The van der Waals surface area contributed by atoms with E-state index in [1.165, 1.54) is 6.07 Å². The maximum Gasteiger partial charge on any atom is 0.257 e. The molecule has 2 rings (SSSR count). The van der Waals surface area contributed by atoms with Gasteiger partial charge in [-0.25, -0.2) is 4.39 Å². The number of likely N-dealkylation sites (tertiary alicyclic amines) is 1. The van der Waals surface area contributed by atoms with Gasteiger partial charge in [-0.05, 0) is 31.4 Å². The Labute approximate surface area is 113 Å². The Bertz CT molecular complexity index is 439. The lowest BCUT2D eigenvalue weighted by Gasteiger charge is -2.23. The summed E-state index contributed by atoms with van der Waals surface area (Å²) in [7, 11) is 0. The number of rotatable bonds is 2. The molecule has 100 valence electrons. The van der Waals surface area contributed by atoms with Crippen LogP contribution in [0.25, 0.3) is 0 Å². The fourth-order valence-corrected chi connectivity index (χ4v) is 2.32. The molecule has 1 aromatic rings. The minimum absolute atomic E-state index is 0. The topological polar surface area (TPSA) is 46.3 Å². The van der Waals surface area contributed by atoms with Crippen LogP contribution >= 0.6 is 12.4 Å². The lowest BCUT2D eigenvalue weighted by molar-refractivity contribution is 0.0736. The third kappa shape index (κ3) is 2.65. The molecule has 18 heavy (non-hydrogen) atoms. The van der Waals surface area contributed by atoms with Gasteiger partial charge in [-0.1, -0.05) is 12.1 Å². The number of amides is 1. The Morgan fingerprint density at radius 3 is 2.94 bits per heavy atom. The summed E-state index contributed by atoms with van der Waals surface area (Å²) in [6.07, 6.45) is 1.86. The van der Waals surface area contributed by atoms with Crippen LogP contribution in [-0.2, 0) is 0 Å². The second kappa shape index (κ2) is 6.16. The van der Waals surface area contributed by atoms with E-state index in [1.54, 1.807) is 24.0 Å². The van der Waals surface area contributed by atoms with Gasteiger partial charge in [-0.3, -0.25) is 4.79 Å². The fraction of sp³-hybridized carbons (Fsp3) is 0.462. The lowest BCUT2D eigenvalue weighted by Crippen LogP contribution is -2.40. The molecule has 0 bridgehead atoms. The Kier molecular flexibility index (Phi) is 5.11. The zero-order valence-corrected chi connectivity index (χ0v) is 11.2. The summed E-state index contributed by atoms with van der Waals surface area (Å²) in [6.45, 7) is 2.78. The van der Waals surface area contributed by atoms with Gasteiger partial charge in [0.25, 0.3) is 5.91 Å². The molecule has 0 saturated carbocycles. The number of nitrogens with two attached hydrogens (primary N) is 1. The van der Waals surface area contributed by atoms with Crippen molar-refractivity contribution in [1.29, 1.82) is 0 Å². The lowest BCUT2D eigenvalue weighted by atomic mass is 10.1. The predicted octanol–water partition coefficient (Wildman–Crippen LogP) is 2.12. The number of hydrogen-bond acceptors (Lipinski definition) is 2. The summed E-state index contributed by atoms with van der Waals surface area (Å²) >= 11 is 0. The van der Waals surface area contributed by atoms with Crippen molar-refractivity contribution in [2.24, 2.45) is 5.73 Å². The van der Waals surface area contributed by atoms with E-state index in [2.05, 4.69) is 0 Å². The normalized spacial score (nSPS) is 18.6. The van der Waals surface area contributed by atoms with Crippen LogP contribution in [0.2, 0.25) is 0 Å². The van der Waals surface area contributed by atoms with Gasteiger partial charge in [0.2, 0.25) is 0 Å². The molecule has 1 saturated heterocycles. The van der Waals surface area contributed by atoms with Crippen LogP contribution in [0, 0.1) is 12.7 Å². The molecule has 1 aliphatic rings. The van der Waals surface area contributed by atoms with Gasteiger partial charge in [0.05, 0.1) is 5.56 Å². The highest BCUT2D eigenvalue weighted by molar-refractivity contribution is 5.95. The summed E-state index contributed by atoms with van der Waals surface area (Å²) in [5.41, 5.74) is 6.28. The number of carbonyl (C=O) groups is 1. The van der Waals surface area contributed by atoms with E-state index in [1.807, 2.05) is 0 Å². The average molecular weight is 273 g/mol. The van der Waals surface area contributed by atoms with Gasteiger partial charge in [0.15, 0.2) is 0 Å². The SMILES string of the molecule is Cc1cccc(C(=O)N2CCCC2CN)c1F.Cl. The molecular weight excluding hydrogens is 255 g/mol. The van der Waals surface area contributed by atoms with E-state index in [9.17, 15) is 9.18 Å². The monoisotopic (exact) mass is 272 g/mol. The molecule has 1 fully saturated rings. The minimum Gasteiger partial charge on any atom is -0.334 e. The number of nitrogens with zero attached hydrogens (tertiary/aromatic N) is 1. The smallest absolute Gasteiger partial charge is 0.257 e. The maximum absolute atomic E-state index is 13.9. The number of halogens is 2. The van der Waals surface area contributed by atoms with Gasteiger partial charge in [0.1, 0.15) is 5.82 Å². The number of carbonyl (C=O) groups excluding carboxylic acids is 1. The molecule has 0 radical (unpaired) electrons. The second-order valence-corrected chi connectivity index (χ2v) is 4.47. The third-order valence-electron chi connectivity index (χ3n) is 3.33. The van der Waals surface area contributed by atoms with E-state index in [0.717, 1.165) is 12.8 Å². The van der Waals surface area contributed by atoms with Crippen LogP contribution in [0.15, 0.2) is 18.2 Å². The van der Waals surface area contributed by atoms with Crippen molar-refractivity contribution in [2.45, 2.75) is 25.8 Å². The van der Waals surface area contributed by atoms with Crippen LogP contribution < -0.4 is 5.73 Å². The summed E-state index contributed by atoms with van der Waals surface area (Å²) in [4.78, 5) is 13.9. The Hall–Kier alpha value is -1.13. The molecule has 0 aliphatic carbocycles. The average Bonchev–Trinajstić information content (AvgIpc) is 2.80. The van der Waals surface area contributed by atoms with E-state index < -0.39 is 5.82 Å². The highest BCUT2D eigenvalue weighted by atomic mass is 35.5. The molecule has 0 aromatic heterocycles. The van der Waals surface area contributed by atoms with Gasteiger partial charge in [-0.15, -0.1) is 12.4 Å². The van der Waals surface area contributed by atoms with Gasteiger partial charge in [-0.2, -0.15) is 0 Å². The highest BCUT2D eigenvalue weighted by Gasteiger charge is 2.29. The van der Waals surface area contributed by atoms with E-state index >= 15 is 0 Å². The third-order valence-corrected chi connectivity index (χ3v) is 3.33. The van der Waals surface area contributed by atoms with Gasteiger partial charge in [0, 0.05) is 19.1 Å². The molecule has 1 atom stereocenters. The first-order chi connectivity index (χ1) is 8.15. The fourth-order valence-electron chi connectivity index (χ4n) is 2.32. The molecule has 3 nitrogen and oxygen atoms in total. The Balaban J connectivity index is 0.00000162. The van der Waals surface area contributed by atoms with Crippen LogP contribution in [0.5, 0.6) is 0 Å². The molecule has 1 aliphatic heterocycles. The predicted molar refractivity (Wildman–Crippen MR) is 71.5 cm³/mol. The Morgan fingerprint density at radius 2 is 2.28 bits per heavy atom. The highest BCUT2D eigenvalue weighted by Crippen LogP contribution is 2.21. The molecule has 1 heterocycles. The van der Waals surface area contributed by atoms with Gasteiger partial charge >= 0.3 is 0 Å². The van der Waals surface area contributed by atoms with Crippen molar-refractivity contribution in [2.75, 3.05) is 13.1 Å². The first kappa shape index (κ1) is 14.9. The molecule has 2 N–H and O–H groups in total. The number of aryl methyl sites for hydroxylation is 1. The second-order valence-electron chi connectivity index (χ2n) is 4.47. The van der Waals surface area contributed by atoms with Crippen LogP contribution in [0.3, 0.4) is 0 Å². The van der Waals surface area contributed by atoms with E-state index in [4.69, 9.17) is 5.73 Å². The zero-order chi connectivity index (χ0) is 12.4. The summed E-state index contributed by atoms with van der Waals surface area (Å²) in [6, 6.07) is 4.97. The molecular formula is C13H18ClFN2O. The van der Waals surface area contributed by atoms with E-state index in [-0.39, 0.29) is 29.9 Å². The van der Waals surface area contributed by atoms with Crippen molar-refractivity contribution < 1.29 is 9.18 Å². The first-order valence-corrected chi connectivity index (χ1v) is 5.91. The minimum atomic E-state index is -0.417. The van der Waals surface area contributed by atoms with Crippen molar-refractivity contribution in [1.82, 2.24) is 4.90 Å². The Morgan fingerprint density at radius 1 is 1.56 bits per heavy atom. The molecule has 1 unspecified atom stereocenters. The van der Waals surface area contributed by atoms with Crippen molar-refractivity contribution in [3.8, 4) is 0 Å². The summed E-state index contributed by atoms with van der Waals surface area (Å²) in [5.74, 6) is -0.653. The molecule has 0 spiro atoms. The number of benzene rings is 1. The molecule has 1 aromatic carbocycles. The van der Waals surface area contributed by atoms with Crippen molar-refractivity contribution >= 4 is 18.3 Å². The van der Waals surface area contributed by atoms with Crippen molar-refractivity contribution in [3.63, 3.8) is 0 Å². The van der Waals surface area contributed by atoms with E-state index in [0.29, 0.717) is 18.7 Å². The van der Waals surface area contributed by atoms with Crippen LogP contribution in [-0.4, -0.2) is 29.9 Å². The van der Waals surface area contributed by atoms with Crippen LogP contribution in [0.1, 0.15) is 28.8 Å². The summed E-state index contributed by atoms with van der Waals surface area (Å²) < 4.78 is 13.9. The largest absolute Gasteiger partial charge is 0.334 e. The quantitative estimate of drug-likeness (QED) is 0.896. The van der Waals surface area contributed by atoms with Crippen molar-refractivity contribution in [3.05, 3.63) is 35.1 Å². The number of hydrogen-bond donors (Lipinski definition) is 1. The molecule has 1 amide bonds. The maximum atomic E-state index is 13.9. The molecule has 5 heteroatoms. The first-order valence-electron chi connectivity index (χ1n) is 5.91. The van der Waals surface area contributed by atoms with Gasteiger partial charge < -0.3 is 10.6 Å². The standard InChI is InChI=1S/C13H17FN2O.ClH/c1-9-4-2-6-11(12(9)14)13(17)16-7-3-5-10(16)8-15;/h2,4,6,10H,3,5,7-8,15H2,1H3;1H.